The molecule has 0 aliphatic carbocycles. The Morgan fingerprint density at radius 2 is 1.95 bits per heavy atom. The maximum Gasteiger partial charge on any atom is 0.350 e. The number of ether oxygens (including phenoxy) is 4. The summed E-state index contributed by atoms with van der Waals surface area (Å²) in [6.07, 6.45) is 2.23. The number of hydrogen-bond donors (Lipinski definition) is 1. The molecule has 1 saturated heterocycles. The number of aromatic nitrogens is 1. The fourth-order valence-electron chi connectivity index (χ4n) is 5.17. The van der Waals surface area contributed by atoms with Gasteiger partial charge < -0.3 is 24.1 Å². The van der Waals surface area contributed by atoms with Gasteiger partial charge in [0.15, 0.2) is 16.6 Å². The number of carbonyl (C=O) groups is 3. The zero-order chi connectivity index (χ0) is 30.8. The third kappa shape index (κ3) is 5.60. The van der Waals surface area contributed by atoms with Crippen molar-refractivity contribution < 1.29 is 38.4 Å². The molecule has 0 unspecified atom stereocenters. The fraction of sp³-hybridized carbons (Fsp3) is 0.312. The van der Waals surface area contributed by atoms with Gasteiger partial charge in [0, 0.05) is 12.0 Å². The zero-order valence-corrected chi connectivity index (χ0v) is 25.2. The van der Waals surface area contributed by atoms with E-state index in [1.54, 1.807) is 56.3 Å². The van der Waals surface area contributed by atoms with Gasteiger partial charge in [-0.2, -0.15) is 0 Å². The number of rotatable bonds is 10. The van der Waals surface area contributed by atoms with E-state index in [2.05, 4.69) is 11.6 Å². The molecule has 2 aromatic carbocycles. The van der Waals surface area contributed by atoms with Crippen LogP contribution >= 0.6 is 11.3 Å². The van der Waals surface area contributed by atoms with Crippen LogP contribution in [0.5, 0.6) is 17.2 Å². The van der Waals surface area contributed by atoms with Gasteiger partial charge in [0.25, 0.3) is 5.78 Å². The van der Waals surface area contributed by atoms with Crippen LogP contribution < -0.4 is 19.1 Å². The third-order valence-electron chi connectivity index (χ3n) is 7.01. The number of Topliss-reactive ketones (excluding diaryl/α,β-unsaturated/α-hetero) is 1. The van der Waals surface area contributed by atoms with Gasteiger partial charge in [-0.1, -0.05) is 30.1 Å². The highest BCUT2D eigenvalue weighted by atomic mass is 32.1. The minimum absolute atomic E-state index is 0.0153. The van der Waals surface area contributed by atoms with E-state index in [4.69, 9.17) is 18.9 Å². The normalized spacial score (nSPS) is 18.7. The van der Waals surface area contributed by atoms with Crippen molar-refractivity contribution in [2.45, 2.75) is 46.3 Å². The van der Waals surface area contributed by atoms with Crippen LogP contribution in [0, 0.1) is 6.92 Å². The van der Waals surface area contributed by atoms with Crippen molar-refractivity contribution in [3.63, 3.8) is 0 Å². The lowest BCUT2D eigenvalue weighted by Crippen LogP contribution is -2.29. The topological polar surface area (TPSA) is 124 Å². The molecule has 0 saturated carbocycles. The van der Waals surface area contributed by atoms with Crippen molar-refractivity contribution in [1.82, 2.24) is 4.98 Å². The number of esters is 1. The molecule has 2 aliphatic heterocycles. The average Bonchev–Trinajstić information content (AvgIpc) is 3.63. The van der Waals surface area contributed by atoms with Crippen molar-refractivity contribution in [2.24, 2.45) is 0 Å². The molecule has 11 heteroatoms. The SMILES string of the molecule is C=CCOc1ccc([C@H]2/C(=C(\O)c3ccc4c(c3)C[C@@H](C)O4)C(=O)C(=O)N2c2nc(C)c(C(=O)OCC)s2)cc1OCC. The van der Waals surface area contributed by atoms with E-state index in [1.807, 2.05) is 13.8 Å². The Balaban J connectivity index is 1.69. The molecule has 0 radical (unpaired) electrons. The summed E-state index contributed by atoms with van der Waals surface area (Å²) in [5.41, 5.74) is 1.97. The minimum Gasteiger partial charge on any atom is -0.507 e. The molecule has 3 heterocycles. The van der Waals surface area contributed by atoms with Crippen molar-refractivity contribution in [1.29, 1.82) is 0 Å². The largest absolute Gasteiger partial charge is 0.507 e. The lowest BCUT2D eigenvalue weighted by atomic mass is 9.94. The first-order chi connectivity index (χ1) is 20.7. The number of nitrogens with zero attached hydrogens (tertiary/aromatic N) is 2. The van der Waals surface area contributed by atoms with E-state index in [0.29, 0.717) is 47.1 Å². The highest BCUT2D eigenvalue weighted by Gasteiger charge is 2.49. The Kier molecular flexibility index (Phi) is 8.54. The number of aliphatic hydroxyl groups excluding tert-OH is 1. The Hall–Kier alpha value is -4.64. The number of anilines is 1. The molecule has 2 aliphatic rings. The predicted molar refractivity (Wildman–Crippen MR) is 161 cm³/mol. The Morgan fingerprint density at radius 1 is 1.16 bits per heavy atom. The summed E-state index contributed by atoms with van der Waals surface area (Å²) in [6, 6.07) is 9.12. The number of aliphatic hydroxyl groups is 1. The van der Waals surface area contributed by atoms with Crippen molar-refractivity contribution in [3.05, 3.63) is 81.9 Å². The number of benzene rings is 2. The van der Waals surface area contributed by atoms with Gasteiger partial charge >= 0.3 is 11.9 Å². The smallest absolute Gasteiger partial charge is 0.350 e. The molecule has 1 aromatic heterocycles. The van der Waals surface area contributed by atoms with Gasteiger partial charge in [0.05, 0.1) is 30.5 Å². The molecular formula is C32H32N2O8S. The number of hydrogen-bond acceptors (Lipinski definition) is 10. The Labute approximate surface area is 253 Å². The van der Waals surface area contributed by atoms with Crippen LogP contribution in [0.15, 0.2) is 54.6 Å². The van der Waals surface area contributed by atoms with E-state index in [0.717, 1.165) is 16.9 Å². The molecule has 0 spiro atoms. The van der Waals surface area contributed by atoms with Crippen LogP contribution in [0.1, 0.15) is 58.9 Å². The zero-order valence-electron chi connectivity index (χ0n) is 24.3. The summed E-state index contributed by atoms with van der Waals surface area (Å²) < 4.78 is 22.5. The van der Waals surface area contributed by atoms with Crippen LogP contribution in [0.25, 0.3) is 5.76 Å². The maximum absolute atomic E-state index is 13.7. The molecule has 3 aromatic rings. The predicted octanol–water partition coefficient (Wildman–Crippen LogP) is 5.54. The molecule has 10 nitrogen and oxygen atoms in total. The van der Waals surface area contributed by atoms with Gasteiger partial charge in [-0.05, 0) is 69.2 Å². The first-order valence-corrected chi connectivity index (χ1v) is 14.8. The molecular weight excluding hydrogens is 572 g/mol. The van der Waals surface area contributed by atoms with Crippen LogP contribution in [0.3, 0.4) is 0 Å². The van der Waals surface area contributed by atoms with Crippen LogP contribution in [-0.2, 0) is 20.7 Å². The third-order valence-corrected chi connectivity index (χ3v) is 8.14. The summed E-state index contributed by atoms with van der Waals surface area (Å²) in [5, 5.41) is 11.8. The molecule has 0 bridgehead atoms. The van der Waals surface area contributed by atoms with Crippen LogP contribution in [0.4, 0.5) is 5.13 Å². The molecule has 1 N–H and O–H groups in total. The second-order valence-corrected chi connectivity index (χ2v) is 11.0. The van der Waals surface area contributed by atoms with Gasteiger partial charge in [-0.3, -0.25) is 14.5 Å². The molecule has 1 amide bonds. The van der Waals surface area contributed by atoms with E-state index >= 15 is 0 Å². The van der Waals surface area contributed by atoms with Crippen molar-refractivity contribution in [2.75, 3.05) is 24.7 Å². The monoisotopic (exact) mass is 604 g/mol. The highest BCUT2D eigenvalue weighted by molar-refractivity contribution is 7.17. The standard InChI is InChI=1S/C32H32N2O8S/c1-6-13-41-23-12-9-19(16-24(23)39-7-2)26-25(27(35)20-10-11-22-21(15-20)14-17(4)42-22)28(36)30(37)34(26)32-33-18(5)29(43-32)31(38)40-8-3/h6,9-12,15-17,26,35H,1,7-8,13-14H2,2-5H3/b27-25+/t17-,26+/m1/s1. The Morgan fingerprint density at radius 3 is 2.67 bits per heavy atom. The quantitative estimate of drug-likeness (QED) is 0.104. The molecule has 43 heavy (non-hydrogen) atoms. The van der Waals surface area contributed by atoms with Gasteiger partial charge in [-0.25, -0.2) is 9.78 Å². The number of carbonyl (C=O) groups excluding carboxylic acids is 3. The number of amides is 1. The van der Waals surface area contributed by atoms with Crippen LogP contribution in [-0.4, -0.2) is 53.7 Å². The number of ketones is 1. The van der Waals surface area contributed by atoms with Crippen molar-refractivity contribution in [3.8, 4) is 17.2 Å². The van der Waals surface area contributed by atoms with E-state index in [1.165, 1.54) is 4.90 Å². The molecule has 5 rings (SSSR count). The summed E-state index contributed by atoms with van der Waals surface area (Å²) in [5.74, 6) is -1.14. The molecule has 224 valence electrons. The highest BCUT2D eigenvalue weighted by Crippen LogP contribution is 2.46. The summed E-state index contributed by atoms with van der Waals surface area (Å²) in [4.78, 5) is 45.9. The number of thiazole rings is 1. The molecule has 2 atom stereocenters. The fourth-order valence-corrected chi connectivity index (χ4v) is 6.16. The van der Waals surface area contributed by atoms with E-state index in [9.17, 15) is 19.5 Å². The summed E-state index contributed by atoms with van der Waals surface area (Å²) in [6.45, 7) is 11.5. The average molecular weight is 605 g/mol. The van der Waals surface area contributed by atoms with Gasteiger partial charge in [0.2, 0.25) is 0 Å². The lowest BCUT2D eigenvalue weighted by Gasteiger charge is -2.24. The second kappa shape index (κ2) is 12.3. The van der Waals surface area contributed by atoms with Gasteiger partial charge in [-0.15, -0.1) is 0 Å². The first kappa shape index (κ1) is 29.8. The maximum atomic E-state index is 13.7. The Bertz CT molecular complexity index is 1640. The summed E-state index contributed by atoms with van der Waals surface area (Å²) >= 11 is 0.943. The summed E-state index contributed by atoms with van der Waals surface area (Å²) in [7, 11) is 0. The first-order valence-electron chi connectivity index (χ1n) is 13.9. The van der Waals surface area contributed by atoms with Crippen molar-refractivity contribution >= 4 is 39.9 Å². The lowest BCUT2D eigenvalue weighted by molar-refractivity contribution is -0.132. The van der Waals surface area contributed by atoms with E-state index in [-0.39, 0.29) is 40.7 Å². The second-order valence-electron chi connectivity index (χ2n) is 9.99. The van der Waals surface area contributed by atoms with Gasteiger partial charge in [0.1, 0.15) is 29.1 Å². The number of aryl methyl sites for hydroxylation is 1. The van der Waals surface area contributed by atoms with Crippen LogP contribution in [0.2, 0.25) is 0 Å². The minimum atomic E-state index is -1.09. The number of fused-ring (bicyclic) bond motifs is 1. The molecule has 1 fully saturated rings. The van der Waals surface area contributed by atoms with E-state index < -0.39 is 23.7 Å².